The Labute approximate surface area is 158 Å². The van der Waals surface area contributed by atoms with Crippen molar-refractivity contribution in [3.63, 3.8) is 0 Å². The summed E-state index contributed by atoms with van der Waals surface area (Å²) in [5, 5.41) is 3.25. The number of benzene rings is 1. The van der Waals surface area contributed by atoms with E-state index >= 15 is 0 Å². The number of halogens is 4. The van der Waals surface area contributed by atoms with Gasteiger partial charge in [0, 0.05) is 45.0 Å². The molecule has 4 nitrogen and oxygen atoms in total. The molecule has 0 atom stereocenters. The van der Waals surface area contributed by atoms with Crippen LogP contribution in [0.1, 0.15) is 19.4 Å². The standard InChI is InChI=1S/C16H23F3N4.HI/c1-3-20-15(21-4-2)23-10-8-22(9-11-23)14-7-5-6-13(12-14)16(17,18)19;/h5-7,12H,3-4,8-11H2,1-2H3,(H,20,21);1H. The lowest BCUT2D eigenvalue weighted by Crippen LogP contribution is -2.52. The average molecular weight is 456 g/mol. The third-order valence-corrected chi connectivity index (χ3v) is 3.76. The molecule has 1 fully saturated rings. The van der Waals surface area contributed by atoms with Crippen molar-refractivity contribution in [2.24, 2.45) is 4.99 Å². The third kappa shape index (κ3) is 5.42. The molecule has 1 aliphatic rings. The number of hydrogen-bond donors (Lipinski definition) is 1. The number of hydrogen-bond acceptors (Lipinski definition) is 2. The Kier molecular flexibility index (Phi) is 8.11. The molecule has 1 saturated heterocycles. The Bertz CT molecular complexity index is 540. The molecule has 8 heteroatoms. The second-order valence-electron chi connectivity index (χ2n) is 5.35. The maximum absolute atomic E-state index is 12.8. The van der Waals surface area contributed by atoms with Crippen molar-refractivity contribution in [1.29, 1.82) is 0 Å². The minimum atomic E-state index is -4.30. The number of nitrogens with zero attached hydrogens (tertiary/aromatic N) is 3. The smallest absolute Gasteiger partial charge is 0.368 e. The summed E-state index contributed by atoms with van der Waals surface area (Å²) in [6.45, 7) is 8.33. The van der Waals surface area contributed by atoms with Gasteiger partial charge in [0.1, 0.15) is 0 Å². The van der Waals surface area contributed by atoms with Crippen LogP contribution in [0.3, 0.4) is 0 Å². The molecule has 1 aromatic carbocycles. The maximum Gasteiger partial charge on any atom is 0.416 e. The summed E-state index contributed by atoms with van der Waals surface area (Å²) in [5.74, 6) is 0.874. The largest absolute Gasteiger partial charge is 0.416 e. The zero-order valence-corrected chi connectivity index (χ0v) is 16.3. The van der Waals surface area contributed by atoms with Crippen molar-refractivity contribution < 1.29 is 13.2 Å². The molecule has 0 radical (unpaired) electrons. The summed E-state index contributed by atoms with van der Waals surface area (Å²) in [4.78, 5) is 8.58. The fraction of sp³-hybridized carbons (Fsp3) is 0.562. The van der Waals surface area contributed by atoms with E-state index in [1.165, 1.54) is 12.1 Å². The zero-order valence-electron chi connectivity index (χ0n) is 13.9. The second-order valence-corrected chi connectivity index (χ2v) is 5.35. The molecular formula is C16H24F3IN4. The van der Waals surface area contributed by atoms with Gasteiger partial charge in [0.25, 0.3) is 0 Å². The molecule has 0 aromatic heterocycles. The van der Waals surface area contributed by atoms with E-state index in [0.29, 0.717) is 25.3 Å². The molecule has 1 N–H and O–H groups in total. The highest BCUT2D eigenvalue weighted by molar-refractivity contribution is 14.0. The van der Waals surface area contributed by atoms with E-state index < -0.39 is 11.7 Å². The van der Waals surface area contributed by atoms with Crippen LogP contribution >= 0.6 is 24.0 Å². The second kappa shape index (κ2) is 9.33. The van der Waals surface area contributed by atoms with E-state index in [0.717, 1.165) is 31.7 Å². The quantitative estimate of drug-likeness (QED) is 0.430. The van der Waals surface area contributed by atoms with Gasteiger partial charge in [-0.1, -0.05) is 6.07 Å². The summed E-state index contributed by atoms with van der Waals surface area (Å²) in [6, 6.07) is 5.53. The van der Waals surface area contributed by atoms with Crippen molar-refractivity contribution in [1.82, 2.24) is 10.2 Å². The summed E-state index contributed by atoms with van der Waals surface area (Å²) in [5.41, 5.74) is 0.0234. The minimum absolute atomic E-state index is 0. The van der Waals surface area contributed by atoms with E-state index in [1.807, 2.05) is 18.7 Å². The summed E-state index contributed by atoms with van der Waals surface area (Å²) in [7, 11) is 0. The van der Waals surface area contributed by atoms with Crippen LogP contribution < -0.4 is 10.2 Å². The first-order chi connectivity index (χ1) is 11.0. The van der Waals surface area contributed by atoms with Gasteiger partial charge in [-0.25, -0.2) is 0 Å². The minimum Gasteiger partial charge on any atom is -0.368 e. The third-order valence-electron chi connectivity index (χ3n) is 3.76. The molecular weight excluding hydrogens is 432 g/mol. The Morgan fingerprint density at radius 1 is 1.17 bits per heavy atom. The van der Waals surface area contributed by atoms with E-state index in [9.17, 15) is 13.2 Å². The lowest BCUT2D eigenvalue weighted by molar-refractivity contribution is -0.137. The molecule has 136 valence electrons. The van der Waals surface area contributed by atoms with Gasteiger partial charge in [-0.15, -0.1) is 24.0 Å². The Hall–Kier alpha value is -1.19. The Balaban J connectivity index is 0.00000288. The number of rotatable bonds is 3. The van der Waals surface area contributed by atoms with Gasteiger partial charge in [0.2, 0.25) is 0 Å². The highest BCUT2D eigenvalue weighted by Crippen LogP contribution is 2.31. The molecule has 1 aromatic rings. The molecule has 1 heterocycles. The van der Waals surface area contributed by atoms with Gasteiger partial charge in [0.05, 0.1) is 5.56 Å². The van der Waals surface area contributed by atoms with Crippen LogP contribution in [-0.4, -0.2) is 50.1 Å². The number of aliphatic imine (C=N–C) groups is 1. The number of nitrogens with one attached hydrogen (secondary N) is 1. The fourth-order valence-electron chi connectivity index (χ4n) is 2.63. The first kappa shape index (κ1) is 20.9. The summed E-state index contributed by atoms with van der Waals surface area (Å²) < 4.78 is 38.5. The Morgan fingerprint density at radius 3 is 2.38 bits per heavy atom. The maximum atomic E-state index is 12.8. The number of piperazine rings is 1. The van der Waals surface area contributed by atoms with Crippen molar-refractivity contribution in [2.45, 2.75) is 20.0 Å². The van der Waals surface area contributed by atoms with Crippen LogP contribution in [0.4, 0.5) is 18.9 Å². The molecule has 0 saturated carbocycles. The van der Waals surface area contributed by atoms with Crippen LogP contribution in [0, 0.1) is 0 Å². The molecule has 1 aliphatic heterocycles. The first-order valence-corrected chi connectivity index (χ1v) is 7.91. The average Bonchev–Trinajstić information content (AvgIpc) is 2.54. The molecule has 0 aliphatic carbocycles. The monoisotopic (exact) mass is 456 g/mol. The van der Waals surface area contributed by atoms with Crippen molar-refractivity contribution >= 4 is 35.6 Å². The summed E-state index contributed by atoms with van der Waals surface area (Å²) in [6.07, 6.45) is -4.30. The van der Waals surface area contributed by atoms with Crippen LogP contribution in [0.5, 0.6) is 0 Å². The highest BCUT2D eigenvalue weighted by Gasteiger charge is 2.31. The lowest BCUT2D eigenvalue weighted by Gasteiger charge is -2.37. The van der Waals surface area contributed by atoms with Crippen LogP contribution in [0.2, 0.25) is 0 Å². The van der Waals surface area contributed by atoms with Gasteiger partial charge in [-0.2, -0.15) is 13.2 Å². The van der Waals surface area contributed by atoms with Gasteiger partial charge in [-0.05, 0) is 32.0 Å². The number of guanidine groups is 1. The SMILES string of the molecule is CCN=C(NCC)N1CCN(c2cccc(C(F)(F)F)c2)CC1.I. The Morgan fingerprint density at radius 2 is 1.83 bits per heavy atom. The van der Waals surface area contributed by atoms with Gasteiger partial charge >= 0.3 is 6.18 Å². The predicted molar refractivity (Wildman–Crippen MR) is 102 cm³/mol. The van der Waals surface area contributed by atoms with Crippen LogP contribution in [0.25, 0.3) is 0 Å². The van der Waals surface area contributed by atoms with Gasteiger partial charge in [-0.3, -0.25) is 4.99 Å². The lowest BCUT2D eigenvalue weighted by atomic mass is 10.1. The van der Waals surface area contributed by atoms with Gasteiger partial charge < -0.3 is 15.1 Å². The fourth-order valence-corrected chi connectivity index (χ4v) is 2.63. The number of alkyl halides is 3. The molecule has 0 bridgehead atoms. The van der Waals surface area contributed by atoms with Crippen molar-refractivity contribution in [3.05, 3.63) is 29.8 Å². The topological polar surface area (TPSA) is 30.9 Å². The normalized spacial score (nSPS) is 16.0. The van der Waals surface area contributed by atoms with E-state index in [4.69, 9.17) is 0 Å². The number of anilines is 1. The summed E-state index contributed by atoms with van der Waals surface area (Å²) >= 11 is 0. The zero-order chi connectivity index (χ0) is 16.9. The molecule has 2 rings (SSSR count). The molecule has 0 unspecified atom stereocenters. The molecule has 24 heavy (non-hydrogen) atoms. The van der Waals surface area contributed by atoms with E-state index in [1.54, 1.807) is 6.07 Å². The molecule has 0 spiro atoms. The van der Waals surface area contributed by atoms with E-state index in [2.05, 4.69) is 15.2 Å². The highest BCUT2D eigenvalue weighted by atomic mass is 127. The molecule has 0 amide bonds. The van der Waals surface area contributed by atoms with Crippen molar-refractivity contribution in [2.75, 3.05) is 44.2 Å². The first-order valence-electron chi connectivity index (χ1n) is 7.91. The van der Waals surface area contributed by atoms with E-state index in [-0.39, 0.29) is 24.0 Å². The van der Waals surface area contributed by atoms with Crippen LogP contribution in [0.15, 0.2) is 29.3 Å². The van der Waals surface area contributed by atoms with Gasteiger partial charge in [0.15, 0.2) is 5.96 Å². The van der Waals surface area contributed by atoms with Crippen LogP contribution in [-0.2, 0) is 6.18 Å². The predicted octanol–water partition coefficient (Wildman–Crippen LogP) is 3.43. The van der Waals surface area contributed by atoms with Crippen molar-refractivity contribution in [3.8, 4) is 0 Å².